The highest BCUT2D eigenvalue weighted by Gasteiger charge is 2.25. The molecule has 1 aliphatic heterocycles. The molecule has 0 unspecified atom stereocenters. The van der Waals surface area contributed by atoms with Gasteiger partial charge in [-0.15, -0.1) is 0 Å². The maximum Gasteiger partial charge on any atom is 0.330 e. The quantitative estimate of drug-likeness (QED) is 0.617. The number of piperidine rings is 1. The Balaban J connectivity index is 2.18. The minimum Gasteiger partial charge on any atom is -0.463 e. The van der Waals surface area contributed by atoms with E-state index in [1.54, 1.807) is 37.3 Å². The zero-order valence-corrected chi connectivity index (χ0v) is 13.5. The second-order valence-electron chi connectivity index (χ2n) is 5.12. The van der Waals surface area contributed by atoms with Gasteiger partial charge in [0.25, 0.3) is 0 Å². The van der Waals surface area contributed by atoms with E-state index in [0.717, 1.165) is 19.3 Å². The van der Waals surface area contributed by atoms with Crippen molar-refractivity contribution >= 4 is 22.1 Å². The first-order valence-electron chi connectivity index (χ1n) is 7.49. The summed E-state index contributed by atoms with van der Waals surface area (Å²) in [7, 11) is -3.45. The number of nitrogens with zero attached hydrogens (tertiary/aromatic N) is 1. The summed E-state index contributed by atoms with van der Waals surface area (Å²) in [6.07, 6.45) is 5.75. The van der Waals surface area contributed by atoms with E-state index in [1.165, 1.54) is 10.4 Å². The molecule has 2 rings (SSSR count). The van der Waals surface area contributed by atoms with E-state index in [-0.39, 0.29) is 4.90 Å². The zero-order valence-electron chi connectivity index (χ0n) is 12.7. The summed E-state index contributed by atoms with van der Waals surface area (Å²) in [5, 5.41) is 0. The van der Waals surface area contributed by atoms with E-state index >= 15 is 0 Å². The Morgan fingerprint density at radius 3 is 2.68 bits per heavy atom. The monoisotopic (exact) mass is 323 g/mol. The highest BCUT2D eigenvalue weighted by atomic mass is 32.2. The van der Waals surface area contributed by atoms with Crippen LogP contribution >= 0.6 is 0 Å². The van der Waals surface area contributed by atoms with Gasteiger partial charge in [0.2, 0.25) is 10.0 Å². The molecule has 22 heavy (non-hydrogen) atoms. The van der Waals surface area contributed by atoms with Gasteiger partial charge < -0.3 is 4.74 Å². The molecule has 0 bridgehead atoms. The number of carbonyl (C=O) groups is 1. The summed E-state index contributed by atoms with van der Waals surface area (Å²) in [5.41, 5.74) is 0.658. The smallest absolute Gasteiger partial charge is 0.330 e. The van der Waals surface area contributed by atoms with Gasteiger partial charge >= 0.3 is 5.97 Å². The largest absolute Gasteiger partial charge is 0.463 e. The van der Waals surface area contributed by atoms with Crippen molar-refractivity contribution < 1.29 is 17.9 Å². The molecule has 1 fully saturated rings. The van der Waals surface area contributed by atoms with Gasteiger partial charge in [0.1, 0.15) is 0 Å². The molecule has 1 aromatic rings. The van der Waals surface area contributed by atoms with Gasteiger partial charge in [0, 0.05) is 19.2 Å². The molecule has 0 aromatic heterocycles. The average Bonchev–Trinajstić information content (AvgIpc) is 2.54. The van der Waals surface area contributed by atoms with Crippen LogP contribution in [0.2, 0.25) is 0 Å². The predicted molar refractivity (Wildman–Crippen MR) is 84.7 cm³/mol. The van der Waals surface area contributed by atoms with Gasteiger partial charge in [-0.3, -0.25) is 0 Å². The highest BCUT2D eigenvalue weighted by molar-refractivity contribution is 7.89. The van der Waals surface area contributed by atoms with Crippen molar-refractivity contribution in [2.24, 2.45) is 0 Å². The maximum absolute atomic E-state index is 12.6. The Bertz CT molecular complexity index is 646. The maximum atomic E-state index is 12.6. The Hall–Kier alpha value is -1.66. The number of benzene rings is 1. The predicted octanol–water partition coefficient (Wildman–Crippen LogP) is 2.44. The number of hydrogen-bond donors (Lipinski definition) is 0. The first kappa shape index (κ1) is 16.7. The fraction of sp³-hybridized carbons (Fsp3) is 0.438. The first-order valence-corrected chi connectivity index (χ1v) is 8.93. The van der Waals surface area contributed by atoms with Crippen LogP contribution in [0.4, 0.5) is 0 Å². The van der Waals surface area contributed by atoms with Gasteiger partial charge in [0.05, 0.1) is 11.5 Å². The highest BCUT2D eigenvalue weighted by Crippen LogP contribution is 2.21. The topological polar surface area (TPSA) is 63.7 Å². The minimum absolute atomic E-state index is 0.264. The van der Waals surface area contributed by atoms with E-state index in [9.17, 15) is 13.2 Å². The number of rotatable bonds is 5. The molecule has 120 valence electrons. The van der Waals surface area contributed by atoms with Crippen molar-refractivity contribution in [1.29, 1.82) is 0 Å². The van der Waals surface area contributed by atoms with Crippen LogP contribution in [0.5, 0.6) is 0 Å². The van der Waals surface area contributed by atoms with E-state index < -0.39 is 16.0 Å². The lowest BCUT2D eigenvalue weighted by Gasteiger charge is -2.25. The Labute approximate surface area is 131 Å². The number of sulfonamides is 1. The fourth-order valence-corrected chi connectivity index (χ4v) is 3.96. The fourth-order valence-electron chi connectivity index (χ4n) is 2.39. The van der Waals surface area contributed by atoms with E-state index in [4.69, 9.17) is 4.74 Å². The lowest BCUT2D eigenvalue weighted by molar-refractivity contribution is -0.137. The molecule has 0 atom stereocenters. The SMILES string of the molecule is CCOC(=O)C=Cc1cccc(S(=O)(=O)N2CCCCC2)c1. The molecular formula is C16H21NO4S. The van der Waals surface area contributed by atoms with Crippen LogP contribution < -0.4 is 0 Å². The van der Waals surface area contributed by atoms with Crippen molar-refractivity contribution in [1.82, 2.24) is 4.31 Å². The molecule has 0 radical (unpaired) electrons. The molecule has 0 N–H and O–H groups in total. The second-order valence-corrected chi connectivity index (χ2v) is 7.06. The lowest BCUT2D eigenvalue weighted by atomic mass is 10.2. The standard InChI is InChI=1S/C16H21NO4S/c1-2-21-16(18)10-9-14-7-6-8-15(13-14)22(19,20)17-11-4-3-5-12-17/h6-10,13H,2-5,11-12H2,1H3. The molecule has 6 heteroatoms. The van der Waals surface area contributed by atoms with Crippen molar-refractivity contribution in [3.05, 3.63) is 35.9 Å². The van der Waals surface area contributed by atoms with Gasteiger partial charge in [-0.05, 0) is 43.5 Å². The molecular weight excluding hydrogens is 302 g/mol. The zero-order chi connectivity index (χ0) is 16.0. The number of hydrogen-bond acceptors (Lipinski definition) is 4. The third kappa shape index (κ3) is 4.18. The molecule has 0 amide bonds. The number of ether oxygens (including phenoxy) is 1. The van der Waals surface area contributed by atoms with Crippen LogP contribution in [0.15, 0.2) is 35.2 Å². The molecule has 1 aromatic carbocycles. The summed E-state index contributed by atoms with van der Waals surface area (Å²) in [4.78, 5) is 11.6. The van der Waals surface area contributed by atoms with E-state index in [1.807, 2.05) is 0 Å². The van der Waals surface area contributed by atoms with Gasteiger partial charge in [-0.25, -0.2) is 13.2 Å². The third-order valence-electron chi connectivity index (χ3n) is 3.51. The Morgan fingerprint density at radius 1 is 1.27 bits per heavy atom. The summed E-state index contributed by atoms with van der Waals surface area (Å²) < 4.78 is 31.5. The summed E-state index contributed by atoms with van der Waals surface area (Å²) in [6.45, 7) is 3.20. The Kier molecular flexibility index (Phi) is 5.74. The first-order chi connectivity index (χ1) is 10.5. The van der Waals surface area contributed by atoms with Gasteiger partial charge in [-0.2, -0.15) is 4.31 Å². The van der Waals surface area contributed by atoms with Crippen LogP contribution in [-0.2, 0) is 19.6 Å². The average molecular weight is 323 g/mol. The van der Waals surface area contributed by atoms with Crippen molar-refractivity contribution in [2.45, 2.75) is 31.1 Å². The van der Waals surface area contributed by atoms with E-state index in [0.29, 0.717) is 25.3 Å². The molecule has 0 spiro atoms. The normalized spacial score (nSPS) is 16.8. The number of carbonyl (C=O) groups excluding carboxylic acids is 1. The third-order valence-corrected chi connectivity index (χ3v) is 5.40. The molecule has 5 nitrogen and oxygen atoms in total. The van der Waals surface area contributed by atoms with Crippen molar-refractivity contribution in [3.8, 4) is 0 Å². The summed E-state index contributed by atoms with van der Waals surface area (Å²) in [5.74, 6) is -0.438. The molecule has 1 saturated heterocycles. The van der Waals surface area contributed by atoms with Crippen molar-refractivity contribution in [3.63, 3.8) is 0 Å². The van der Waals surface area contributed by atoms with Crippen LogP contribution in [0.3, 0.4) is 0 Å². The molecule has 0 saturated carbocycles. The Morgan fingerprint density at radius 2 is 2.00 bits per heavy atom. The lowest BCUT2D eigenvalue weighted by Crippen LogP contribution is -2.35. The van der Waals surface area contributed by atoms with Crippen LogP contribution in [0.25, 0.3) is 6.08 Å². The molecule has 1 aliphatic rings. The van der Waals surface area contributed by atoms with Crippen molar-refractivity contribution in [2.75, 3.05) is 19.7 Å². The van der Waals surface area contributed by atoms with Gasteiger partial charge in [-0.1, -0.05) is 18.6 Å². The summed E-state index contributed by atoms with van der Waals surface area (Å²) >= 11 is 0. The van der Waals surface area contributed by atoms with Crippen LogP contribution in [0.1, 0.15) is 31.7 Å². The van der Waals surface area contributed by atoms with Crippen LogP contribution in [-0.4, -0.2) is 38.4 Å². The van der Waals surface area contributed by atoms with Crippen LogP contribution in [0, 0.1) is 0 Å². The molecule has 0 aliphatic carbocycles. The molecule has 1 heterocycles. The summed E-state index contributed by atoms with van der Waals surface area (Å²) in [6, 6.07) is 6.61. The second kappa shape index (κ2) is 7.56. The van der Waals surface area contributed by atoms with E-state index in [2.05, 4.69) is 0 Å². The minimum atomic E-state index is -3.45. The number of esters is 1. The van der Waals surface area contributed by atoms with Gasteiger partial charge in [0.15, 0.2) is 0 Å².